The maximum Gasteiger partial charge on any atom is 0.119 e. The summed E-state index contributed by atoms with van der Waals surface area (Å²) in [4.78, 5) is 2.08. The minimum absolute atomic E-state index is 0.0219. The van der Waals surface area contributed by atoms with Gasteiger partial charge in [-0.1, -0.05) is 19.1 Å². The van der Waals surface area contributed by atoms with Crippen LogP contribution in [-0.4, -0.2) is 49.0 Å². The van der Waals surface area contributed by atoms with E-state index >= 15 is 0 Å². The van der Waals surface area contributed by atoms with E-state index in [1.807, 2.05) is 38.2 Å². The predicted molar refractivity (Wildman–Crippen MR) is 71.6 cm³/mol. The van der Waals surface area contributed by atoms with Crippen LogP contribution in [-0.2, 0) is 6.54 Å². The molecule has 0 fully saturated rings. The SMILES string of the molecule is COc1cccc(CN(C)CC(C)(CO)CO)c1. The van der Waals surface area contributed by atoms with Crippen LogP contribution in [0, 0.1) is 5.41 Å². The van der Waals surface area contributed by atoms with Crippen molar-refractivity contribution in [2.45, 2.75) is 13.5 Å². The molecule has 102 valence electrons. The third-order valence-corrected chi connectivity index (χ3v) is 3.00. The molecule has 4 heteroatoms. The van der Waals surface area contributed by atoms with Gasteiger partial charge in [-0.15, -0.1) is 0 Å². The van der Waals surface area contributed by atoms with Crippen LogP contribution < -0.4 is 4.74 Å². The summed E-state index contributed by atoms with van der Waals surface area (Å²) in [5.41, 5.74) is 0.684. The molecule has 1 aromatic rings. The summed E-state index contributed by atoms with van der Waals surface area (Å²) >= 11 is 0. The van der Waals surface area contributed by atoms with Crippen LogP contribution in [0.25, 0.3) is 0 Å². The van der Waals surface area contributed by atoms with Crippen LogP contribution in [0.3, 0.4) is 0 Å². The first-order valence-corrected chi connectivity index (χ1v) is 6.06. The van der Waals surface area contributed by atoms with Crippen molar-refractivity contribution in [3.8, 4) is 5.75 Å². The van der Waals surface area contributed by atoms with Crippen molar-refractivity contribution >= 4 is 0 Å². The van der Waals surface area contributed by atoms with Crippen LogP contribution in [0.5, 0.6) is 5.75 Å². The lowest BCUT2D eigenvalue weighted by molar-refractivity contribution is 0.0402. The van der Waals surface area contributed by atoms with Crippen molar-refractivity contribution in [3.63, 3.8) is 0 Å². The number of rotatable bonds is 7. The summed E-state index contributed by atoms with van der Waals surface area (Å²) in [6, 6.07) is 7.90. The Bertz CT molecular complexity index is 364. The molecule has 0 saturated carbocycles. The van der Waals surface area contributed by atoms with Gasteiger partial charge < -0.3 is 19.8 Å². The van der Waals surface area contributed by atoms with Crippen LogP contribution >= 0.6 is 0 Å². The standard InChI is InChI=1S/C14H23NO3/c1-14(10-16,11-17)9-15(2)8-12-5-4-6-13(7-12)18-3/h4-7,16-17H,8-11H2,1-3H3. The molecule has 0 heterocycles. The monoisotopic (exact) mass is 253 g/mol. The molecule has 0 unspecified atom stereocenters. The largest absolute Gasteiger partial charge is 0.497 e. The Morgan fingerprint density at radius 2 is 1.94 bits per heavy atom. The Morgan fingerprint density at radius 3 is 2.50 bits per heavy atom. The van der Waals surface area contributed by atoms with Gasteiger partial charge in [0.05, 0.1) is 20.3 Å². The van der Waals surface area contributed by atoms with E-state index in [4.69, 9.17) is 4.74 Å². The first-order chi connectivity index (χ1) is 8.53. The maximum atomic E-state index is 9.28. The lowest BCUT2D eigenvalue weighted by atomic mass is 9.92. The van der Waals surface area contributed by atoms with Gasteiger partial charge in [0.2, 0.25) is 0 Å². The zero-order valence-electron chi connectivity index (χ0n) is 11.4. The van der Waals surface area contributed by atoms with Crippen LogP contribution in [0.4, 0.5) is 0 Å². The number of hydrogen-bond donors (Lipinski definition) is 2. The Labute approximate surface area is 109 Å². The average Bonchev–Trinajstić information content (AvgIpc) is 2.38. The van der Waals surface area contributed by atoms with E-state index in [1.54, 1.807) is 7.11 Å². The van der Waals surface area contributed by atoms with E-state index in [0.717, 1.165) is 17.9 Å². The van der Waals surface area contributed by atoms with E-state index in [2.05, 4.69) is 4.90 Å². The second-order valence-electron chi connectivity index (χ2n) is 5.15. The highest BCUT2D eigenvalue weighted by atomic mass is 16.5. The van der Waals surface area contributed by atoms with Crippen molar-refractivity contribution < 1.29 is 14.9 Å². The molecular formula is C14H23NO3. The zero-order valence-corrected chi connectivity index (χ0v) is 11.4. The lowest BCUT2D eigenvalue weighted by Gasteiger charge is -2.30. The van der Waals surface area contributed by atoms with Gasteiger partial charge in [0, 0.05) is 18.5 Å². The minimum Gasteiger partial charge on any atom is -0.497 e. The molecule has 0 amide bonds. The number of benzene rings is 1. The number of aliphatic hydroxyl groups excluding tert-OH is 2. The van der Waals surface area contributed by atoms with Gasteiger partial charge in [0.25, 0.3) is 0 Å². The highest BCUT2D eigenvalue weighted by molar-refractivity contribution is 5.28. The fraction of sp³-hybridized carbons (Fsp3) is 0.571. The third kappa shape index (κ3) is 4.29. The fourth-order valence-corrected chi connectivity index (χ4v) is 1.94. The summed E-state index contributed by atoms with van der Waals surface area (Å²) in [5.74, 6) is 0.841. The first-order valence-electron chi connectivity index (χ1n) is 6.06. The second-order valence-corrected chi connectivity index (χ2v) is 5.15. The van der Waals surface area contributed by atoms with Crippen molar-refractivity contribution in [2.24, 2.45) is 5.41 Å². The maximum absolute atomic E-state index is 9.28. The molecule has 0 aliphatic heterocycles. The number of aliphatic hydroxyl groups is 2. The minimum atomic E-state index is -0.465. The van der Waals surface area contributed by atoms with Crippen molar-refractivity contribution in [1.29, 1.82) is 0 Å². The third-order valence-electron chi connectivity index (χ3n) is 3.00. The van der Waals surface area contributed by atoms with Gasteiger partial charge in [0.1, 0.15) is 5.75 Å². The first kappa shape index (κ1) is 15.0. The van der Waals surface area contributed by atoms with Gasteiger partial charge >= 0.3 is 0 Å². The molecule has 0 radical (unpaired) electrons. The summed E-state index contributed by atoms with van der Waals surface area (Å²) < 4.78 is 5.18. The number of methoxy groups -OCH3 is 1. The summed E-state index contributed by atoms with van der Waals surface area (Å²) in [7, 11) is 3.63. The summed E-state index contributed by atoms with van der Waals surface area (Å²) in [5, 5.41) is 18.6. The van der Waals surface area contributed by atoms with Gasteiger partial charge in [0.15, 0.2) is 0 Å². The molecule has 2 N–H and O–H groups in total. The van der Waals surface area contributed by atoms with Gasteiger partial charge in [-0.3, -0.25) is 0 Å². The van der Waals surface area contributed by atoms with Crippen molar-refractivity contribution in [1.82, 2.24) is 4.90 Å². The van der Waals surface area contributed by atoms with E-state index in [1.165, 1.54) is 0 Å². The second kappa shape index (κ2) is 6.73. The number of hydrogen-bond acceptors (Lipinski definition) is 4. The van der Waals surface area contributed by atoms with E-state index in [0.29, 0.717) is 6.54 Å². The Kier molecular flexibility index (Phi) is 5.59. The molecule has 0 spiro atoms. The fourth-order valence-electron chi connectivity index (χ4n) is 1.94. The number of ether oxygens (including phenoxy) is 1. The van der Waals surface area contributed by atoms with Crippen molar-refractivity contribution in [2.75, 3.05) is 33.9 Å². The van der Waals surface area contributed by atoms with E-state index in [-0.39, 0.29) is 13.2 Å². The van der Waals surface area contributed by atoms with Gasteiger partial charge in [-0.05, 0) is 24.7 Å². The Morgan fingerprint density at radius 1 is 1.28 bits per heavy atom. The van der Waals surface area contributed by atoms with E-state index < -0.39 is 5.41 Å². The van der Waals surface area contributed by atoms with Crippen LogP contribution in [0.1, 0.15) is 12.5 Å². The van der Waals surface area contributed by atoms with Gasteiger partial charge in [-0.2, -0.15) is 0 Å². The van der Waals surface area contributed by atoms with Crippen LogP contribution in [0.2, 0.25) is 0 Å². The summed E-state index contributed by atoms with van der Waals surface area (Å²) in [6.07, 6.45) is 0. The van der Waals surface area contributed by atoms with Crippen LogP contribution in [0.15, 0.2) is 24.3 Å². The summed E-state index contributed by atoms with van der Waals surface area (Å²) in [6.45, 7) is 3.22. The molecule has 0 aliphatic carbocycles. The highest BCUT2D eigenvalue weighted by Gasteiger charge is 2.24. The molecule has 0 saturated heterocycles. The molecule has 0 aliphatic rings. The molecule has 0 bridgehead atoms. The van der Waals surface area contributed by atoms with Crippen molar-refractivity contribution in [3.05, 3.63) is 29.8 Å². The molecular weight excluding hydrogens is 230 g/mol. The normalized spacial score (nSPS) is 11.9. The molecule has 0 aromatic heterocycles. The lowest BCUT2D eigenvalue weighted by Crippen LogP contribution is -2.38. The Hall–Kier alpha value is -1.10. The molecule has 1 aromatic carbocycles. The average molecular weight is 253 g/mol. The molecule has 4 nitrogen and oxygen atoms in total. The topological polar surface area (TPSA) is 52.9 Å². The molecule has 0 atom stereocenters. The molecule has 18 heavy (non-hydrogen) atoms. The molecule has 1 rings (SSSR count). The quantitative estimate of drug-likeness (QED) is 0.764. The Balaban J connectivity index is 2.61. The highest BCUT2D eigenvalue weighted by Crippen LogP contribution is 2.18. The number of nitrogens with zero attached hydrogens (tertiary/aromatic N) is 1. The van der Waals surface area contributed by atoms with Gasteiger partial charge in [-0.25, -0.2) is 0 Å². The smallest absolute Gasteiger partial charge is 0.119 e. The van der Waals surface area contributed by atoms with E-state index in [9.17, 15) is 10.2 Å². The predicted octanol–water partition coefficient (Wildman–Crippen LogP) is 1.12. The zero-order chi connectivity index (χ0) is 13.6.